The van der Waals surface area contributed by atoms with Gasteiger partial charge in [0, 0.05) is 12.6 Å². The van der Waals surface area contributed by atoms with Gasteiger partial charge in [-0.25, -0.2) is 4.79 Å². The second kappa shape index (κ2) is 5.24. The number of carbonyl (C=O) groups is 1. The van der Waals surface area contributed by atoms with E-state index in [2.05, 4.69) is 25.7 Å². The Morgan fingerprint density at radius 2 is 2.00 bits per heavy atom. The highest BCUT2D eigenvalue weighted by atomic mass is 16.4. The van der Waals surface area contributed by atoms with Crippen LogP contribution in [0.15, 0.2) is 18.2 Å². The number of aryl methyl sites for hydroxylation is 1. The van der Waals surface area contributed by atoms with E-state index in [1.54, 1.807) is 6.07 Å². The van der Waals surface area contributed by atoms with Crippen molar-refractivity contribution in [1.82, 2.24) is 0 Å². The minimum absolute atomic E-state index is 0.385. The van der Waals surface area contributed by atoms with Gasteiger partial charge in [0.15, 0.2) is 0 Å². The standard InChI is InChI=1S/C16H23NO2/c1-10-5-6-14(16(18)19)15(8-10)17-9-11(2)7-12(3)13(17)4/h5-6,8,11-13H,7,9H2,1-4H3,(H,18,19). The van der Waals surface area contributed by atoms with Crippen molar-refractivity contribution in [3.05, 3.63) is 29.3 Å². The predicted octanol–water partition coefficient (Wildman–Crippen LogP) is 3.56. The van der Waals surface area contributed by atoms with E-state index in [4.69, 9.17) is 0 Å². The maximum Gasteiger partial charge on any atom is 0.337 e. The molecule has 1 aromatic carbocycles. The van der Waals surface area contributed by atoms with Gasteiger partial charge >= 0.3 is 5.97 Å². The Balaban J connectivity index is 2.44. The quantitative estimate of drug-likeness (QED) is 0.885. The first-order valence-corrected chi connectivity index (χ1v) is 7.00. The Labute approximate surface area is 115 Å². The van der Waals surface area contributed by atoms with E-state index in [1.165, 1.54) is 6.42 Å². The molecule has 1 aromatic rings. The Morgan fingerprint density at radius 1 is 1.32 bits per heavy atom. The summed E-state index contributed by atoms with van der Waals surface area (Å²) in [6, 6.07) is 5.99. The molecule has 19 heavy (non-hydrogen) atoms. The van der Waals surface area contributed by atoms with Crippen LogP contribution < -0.4 is 4.90 Å². The lowest BCUT2D eigenvalue weighted by molar-refractivity contribution is 0.0697. The zero-order chi connectivity index (χ0) is 14.2. The van der Waals surface area contributed by atoms with Gasteiger partial charge in [-0.15, -0.1) is 0 Å². The number of rotatable bonds is 2. The van der Waals surface area contributed by atoms with Crippen LogP contribution in [0.2, 0.25) is 0 Å². The number of hydrogen-bond donors (Lipinski definition) is 1. The molecule has 1 aliphatic rings. The van der Waals surface area contributed by atoms with Gasteiger partial charge in [-0.3, -0.25) is 0 Å². The average Bonchev–Trinajstić information content (AvgIpc) is 2.33. The van der Waals surface area contributed by atoms with Gasteiger partial charge in [0.1, 0.15) is 0 Å². The van der Waals surface area contributed by atoms with Crippen LogP contribution in [0, 0.1) is 18.8 Å². The lowest BCUT2D eigenvalue weighted by Crippen LogP contribution is -2.46. The topological polar surface area (TPSA) is 40.5 Å². The van der Waals surface area contributed by atoms with Crippen LogP contribution in [-0.4, -0.2) is 23.7 Å². The number of hydrogen-bond acceptors (Lipinski definition) is 2. The van der Waals surface area contributed by atoms with Crippen LogP contribution in [0.4, 0.5) is 5.69 Å². The highest BCUT2D eigenvalue weighted by Gasteiger charge is 2.30. The number of benzene rings is 1. The van der Waals surface area contributed by atoms with Crippen LogP contribution in [0.5, 0.6) is 0 Å². The molecule has 1 saturated heterocycles. The summed E-state index contributed by atoms with van der Waals surface area (Å²) < 4.78 is 0. The molecule has 1 aliphatic heterocycles. The van der Waals surface area contributed by atoms with E-state index in [0.717, 1.165) is 17.8 Å². The highest BCUT2D eigenvalue weighted by Crippen LogP contribution is 2.33. The summed E-state index contributed by atoms with van der Waals surface area (Å²) in [4.78, 5) is 13.7. The third-order valence-electron chi connectivity index (χ3n) is 4.29. The highest BCUT2D eigenvalue weighted by molar-refractivity contribution is 5.94. The predicted molar refractivity (Wildman–Crippen MR) is 77.9 cm³/mol. The Kier molecular flexibility index (Phi) is 3.83. The van der Waals surface area contributed by atoms with Crippen molar-refractivity contribution < 1.29 is 9.90 Å². The number of piperidine rings is 1. The Hall–Kier alpha value is -1.51. The summed E-state index contributed by atoms with van der Waals surface area (Å²) in [7, 11) is 0. The average molecular weight is 261 g/mol. The number of carboxylic acid groups (broad SMARTS) is 1. The molecule has 1 heterocycles. The van der Waals surface area contributed by atoms with E-state index in [0.29, 0.717) is 23.4 Å². The minimum Gasteiger partial charge on any atom is -0.478 e. The fourth-order valence-corrected chi connectivity index (χ4v) is 3.09. The van der Waals surface area contributed by atoms with Gasteiger partial charge in [-0.05, 0) is 49.8 Å². The molecule has 3 nitrogen and oxygen atoms in total. The summed E-state index contributed by atoms with van der Waals surface area (Å²) in [5, 5.41) is 9.38. The zero-order valence-corrected chi connectivity index (χ0v) is 12.2. The molecule has 3 unspecified atom stereocenters. The molecule has 0 aliphatic carbocycles. The Morgan fingerprint density at radius 3 is 2.63 bits per heavy atom. The van der Waals surface area contributed by atoms with Crippen molar-refractivity contribution >= 4 is 11.7 Å². The molecule has 0 radical (unpaired) electrons. The summed E-state index contributed by atoms with van der Waals surface area (Å²) in [6.07, 6.45) is 1.21. The smallest absolute Gasteiger partial charge is 0.337 e. The Bertz CT molecular complexity index is 484. The van der Waals surface area contributed by atoms with Crippen molar-refractivity contribution in [2.75, 3.05) is 11.4 Å². The van der Waals surface area contributed by atoms with Crippen LogP contribution in [-0.2, 0) is 0 Å². The first-order chi connectivity index (χ1) is 8.90. The second-order valence-electron chi connectivity index (χ2n) is 6.04. The molecule has 3 atom stereocenters. The SMILES string of the molecule is Cc1ccc(C(=O)O)c(N2CC(C)CC(C)C2C)c1. The third kappa shape index (κ3) is 2.75. The lowest BCUT2D eigenvalue weighted by atomic mass is 9.85. The summed E-state index contributed by atoms with van der Waals surface area (Å²) in [5.41, 5.74) is 2.40. The summed E-state index contributed by atoms with van der Waals surface area (Å²) >= 11 is 0. The van der Waals surface area contributed by atoms with Crippen molar-refractivity contribution in [1.29, 1.82) is 0 Å². The minimum atomic E-state index is -0.840. The van der Waals surface area contributed by atoms with Gasteiger partial charge in [-0.2, -0.15) is 0 Å². The largest absolute Gasteiger partial charge is 0.478 e. The van der Waals surface area contributed by atoms with Crippen LogP contribution in [0.25, 0.3) is 0 Å². The number of aromatic carboxylic acids is 1. The van der Waals surface area contributed by atoms with Gasteiger partial charge < -0.3 is 10.0 Å². The van der Waals surface area contributed by atoms with E-state index < -0.39 is 5.97 Å². The summed E-state index contributed by atoms with van der Waals surface area (Å²) in [5.74, 6) is 0.354. The molecule has 0 spiro atoms. The van der Waals surface area contributed by atoms with Crippen LogP contribution in [0.1, 0.15) is 43.1 Å². The number of nitrogens with zero attached hydrogens (tertiary/aromatic N) is 1. The fraction of sp³-hybridized carbons (Fsp3) is 0.562. The maximum absolute atomic E-state index is 11.4. The van der Waals surface area contributed by atoms with Crippen molar-refractivity contribution in [2.45, 2.75) is 40.2 Å². The number of carboxylic acids is 1. The van der Waals surface area contributed by atoms with E-state index in [9.17, 15) is 9.90 Å². The van der Waals surface area contributed by atoms with Crippen molar-refractivity contribution in [3.63, 3.8) is 0 Å². The maximum atomic E-state index is 11.4. The fourth-order valence-electron chi connectivity index (χ4n) is 3.09. The molecule has 1 N–H and O–H groups in total. The second-order valence-corrected chi connectivity index (χ2v) is 6.04. The van der Waals surface area contributed by atoms with E-state index in [-0.39, 0.29) is 0 Å². The first-order valence-electron chi connectivity index (χ1n) is 7.00. The van der Waals surface area contributed by atoms with E-state index >= 15 is 0 Å². The molecular formula is C16H23NO2. The van der Waals surface area contributed by atoms with E-state index in [1.807, 2.05) is 19.1 Å². The molecule has 0 bridgehead atoms. The van der Waals surface area contributed by atoms with Gasteiger partial charge in [-0.1, -0.05) is 19.9 Å². The molecule has 0 aromatic heterocycles. The van der Waals surface area contributed by atoms with Gasteiger partial charge in [0.05, 0.1) is 11.3 Å². The molecule has 104 valence electrons. The normalized spacial score (nSPS) is 27.4. The zero-order valence-electron chi connectivity index (χ0n) is 12.2. The molecule has 0 saturated carbocycles. The third-order valence-corrected chi connectivity index (χ3v) is 4.29. The molecule has 2 rings (SSSR count). The monoisotopic (exact) mass is 261 g/mol. The van der Waals surface area contributed by atoms with Crippen molar-refractivity contribution in [3.8, 4) is 0 Å². The van der Waals surface area contributed by atoms with Crippen molar-refractivity contribution in [2.24, 2.45) is 11.8 Å². The van der Waals surface area contributed by atoms with Gasteiger partial charge in [0.2, 0.25) is 0 Å². The van der Waals surface area contributed by atoms with Crippen LogP contribution >= 0.6 is 0 Å². The first kappa shape index (κ1) is 13.9. The molecule has 0 amide bonds. The lowest BCUT2D eigenvalue weighted by Gasteiger charge is -2.43. The molecular weight excluding hydrogens is 238 g/mol. The van der Waals surface area contributed by atoms with Crippen LogP contribution in [0.3, 0.4) is 0 Å². The number of anilines is 1. The van der Waals surface area contributed by atoms with Gasteiger partial charge in [0.25, 0.3) is 0 Å². The summed E-state index contributed by atoms with van der Waals surface area (Å²) in [6.45, 7) is 9.64. The molecule has 1 fully saturated rings. The molecule has 3 heteroatoms.